The minimum atomic E-state index is -0.473. The van der Waals surface area contributed by atoms with Crippen molar-refractivity contribution < 1.29 is 13.9 Å². The fourth-order valence-corrected chi connectivity index (χ4v) is 2.24. The molecule has 0 saturated carbocycles. The fraction of sp³-hybridized carbons (Fsp3) is 0.385. The van der Waals surface area contributed by atoms with Crippen LogP contribution in [0.1, 0.15) is 5.56 Å². The number of nitrogens with zero attached hydrogens (tertiary/aromatic N) is 2. The van der Waals surface area contributed by atoms with Crippen molar-refractivity contribution in [1.29, 1.82) is 0 Å². The maximum absolute atomic E-state index is 13.4. The number of aryl methyl sites for hydroxylation is 1. The van der Waals surface area contributed by atoms with Crippen LogP contribution in [0.2, 0.25) is 0 Å². The maximum atomic E-state index is 13.4. The van der Waals surface area contributed by atoms with E-state index in [1.807, 2.05) is 0 Å². The maximum Gasteiger partial charge on any atom is 0.251 e. The molecule has 2 aromatic rings. The van der Waals surface area contributed by atoms with Crippen LogP contribution in [-0.2, 0) is 16.0 Å². The molecule has 5 nitrogen and oxygen atoms in total. The Morgan fingerprint density at radius 1 is 1.42 bits per heavy atom. The van der Waals surface area contributed by atoms with Gasteiger partial charge in [-0.2, -0.15) is 0 Å². The van der Waals surface area contributed by atoms with Gasteiger partial charge in [0.05, 0.1) is 37.0 Å². The summed E-state index contributed by atoms with van der Waals surface area (Å²) in [6.45, 7) is 3.04. The number of hydrogen-bond donors (Lipinski definition) is 0. The molecule has 2 aromatic heterocycles. The van der Waals surface area contributed by atoms with Gasteiger partial charge in [-0.05, 0) is 12.5 Å². The number of halogens is 1. The van der Waals surface area contributed by atoms with E-state index in [2.05, 4.69) is 4.98 Å². The molecule has 0 aliphatic carbocycles. The molecule has 0 unspecified atom stereocenters. The number of aromatic nitrogens is 2. The molecule has 1 aliphatic rings. The predicted octanol–water partition coefficient (Wildman–Crippen LogP) is 1.22. The van der Waals surface area contributed by atoms with Crippen LogP contribution in [0.3, 0.4) is 0 Å². The van der Waals surface area contributed by atoms with Gasteiger partial charge < -0.3 is 14.0 Å². The van der Waals surface area contributed by atoms with Crippen molar-refractivity contribution in [3.8, 4) is 0 Å². The molecule has 3 heterocycles. The van der Waals surface area contributed by atoms with Crippen LogP contribution in [0, 0.1) is 12.7 Å². The summed E-state index contributed by atoms with van der Waals surface area (Å²) in [7, 11) is 0. The quantitative estimate of drug-likeness (QED) is 0.818. The number of hydrogen-bond acceptors (Lipinski definition) is 4. The van der Waals surface area contributed by atoms with Gasteiger partial charge in [-0.3, -0.25) is 9.78 Å². The Balaban J connectivity index is 2.15. The lowest BCUT2D eigenvalue weighted by Crippen LogP contribution is -2.27. The van der Waals surface area contributed by atoms with Gasteiger partial charge in [-0.1, -0.05) is 0 Å². The predicted molar refractivity (Wildman–Crippen MR) is 66.4 cm³/mol. The standard InChI is InChI=1S/C13H13FN2O3/c1-8-4-11(17)16(7-12-18-2-3-19-12)10-5-9(14)6-15-13(8)10/h4-6,12H,2-3,7H2,1H3. The summed E-state index contributed by atoms with van der Waals surface area (Å²) in [5.41, 5.74) is 1.59. The van der Waals surface area contributed by atoms with Crippen LogP contribution in [0.25, 0.3) is 11.0 Å². The Morgan fingerprint density at radius 2 is 2.16 bits per heavy atom. The van der Waals surface area contributed by atoms with E-state index in [1.54, 1.807) is 6.92 Å². The lowest BCUT2D eigenvalue weighted by atomic mass is 10.2. The summed E-state index contributed by atoms with van der Waals surface area (Å²) in [5, 5.41) is 0. The van der Waals surface area contributed by atoms with Crippen molar-refractivity contribution in [2.24, 2.45) is 0 Å². The van der Waals surface area contributed by atoms with Crippen molar-refractivity contribution in [2.75, 3.05) is 13.2 Å². The van der Waals surface area contributed by atoms with Gasteiger partial charge in [-0.25, -0.2) is 4.39 Å². The lowest BCUT2D eigenvalue weighted by Gasteiger charge is -2.14. The molecular formula is C13H13FN2O3. The van der Waals surface area contributed by atoms with Crippen LogP contribution in [0.5, 0.6) is 0 Å². The first kappa shape index (κ1) is 12.3. The Kier molecular flexibility index (Phi) is 3.04. The molecule has 19 heavy (non-hydrogen) atoms. The Morgan fingerprint density at radius 3 is 2.89 bits per heavy atom. The van der Waals surface area contributed by atoms with Gasteiger partial charge in [0.1, 0.15) is 5.82 Å². The lowest BCUT2D eigenvalue weighted by molar-refractivity contribution is -0.0522. The zero-order valence-electron chi connectivity index (χ0n) is 10.4. The van der Waals surface area contributed by atoms with Crippen molar-refractivity contribution in [1.82, 2.24) is 9.55 Å². The molecule has 0 bridgehead atoms. The van der Waals surface area contributed by atoms with Crippen LogP contribution < -0.4 is 5.56 Å². The molecule has 3 rings (SSSR count). The van der Waals surface area contributed by atoms with E-state index in [-0.39, 0.29) is 12.1 Å². The van der Waals surface area contributed by atoms with Gasteiger partial charge in [0.2, 0.25) is 0 Å². The highest BCUT2D eigenvalue weighted by atomic mass is 19.1. The Bertz CT molecular complexity index is 677. The molecule has 0 radical (unpaired) electrons. The molecule has 100 valence electrons. The number of pyridine rings is 2. The average Bonchev–Trinajstić information content (AvgIpc) is 2.87. The minimum absolute atomic E-state index is 0.212. The molecule has 6 heteroatoms. The molecule has 1 fully saturated rings. The second-order valence-corrected chi connectivity index (χ2v) is 4.47. The zero-order valence-corrected chi connectivity index (χ0v) is 10.4. The summed E-state index contributed by atoms with van der Waals surface area (Å²) in [4.78, 5) is 16.1. The summed E-state index contributed by atoms with van der Waals surface area (Å²) in [6.07, 6.45) is 0.680. The van der Waals surface area contributed by atoms with Crippen LogP contribution in [-0.4, -0.2) is 29.1 Å². The van der Waals surface area contributed by atoms with Crippen LogP contribution >= 0.6 is 0 Å². The molecule has 0 atom stereocenters. The minimum Gasteiger partial charge on any atom is -0.348 e. The molecule has 0 aromatic carbocycles. The van der Waals surface area contributed by atoms with Crippen LogP contribution in [0.4, 0.5) is 4.39 Å². The van der Waals surface area contributed by atoms with E-state index in [0.717, 1.165) is 11.8 Å². The highest BCUT2D eigenvalue weighted by molar-refractivity contribution is 5.77. The zero-order chi connectivity index (χ0) is 13.4. The van der Waals surface area contributed by atoms with Crippen molar-refractivity contribution in [3.05, 3.63) is 40.1 Å². The fourth-order valence-electron chi connectivity index (χ4n) is 2.24. The number of ether oxygens (including phenoxy) is 2. The molecule has 1 aliphatic heterocycles. The summed E-state index contributed by atoms with van der Waals surface area (Å²) >= 11 is 0. The average molecular weight is 264 g/mol. The number of fused-ring (bicyclic) bond motifs is 1. The largest absolute Gasteiger partial charge is 0.348 e. The first-order valence-corrected chi connectivity index (χ1v) is 6.04. The summed E-state index contributed by atoms with van der Waals surface area (Å²) in [6, 6.07) is 2.80. The second kappa shape index (κ2) is 4.71. The normalized spacial score (nSPS) is 16.3. The third kappa shape index (κ3) is 2.24. The van der Waals surface area contributed by atoms with Gasteiger partial charge in [-0.15, -0.1) is 0 Å². The highest BCUT2D eigenvalue weighted by Gasteiger charge is 2.19. The summed E-state index contributed by atoms with van der Waals surface area (Å²) in [5.74, 6) is -0.473. The van der Waals surface area contributed by atoms with E-state index < -0.39 is 12.1 Å². The third-order valence-corrected chi connectivity index (χ3v) is 3.13. The molecule has 1 saturated heterocycles. The Hall–Kier alpha value is -1.79. The first-order chi connectivity index (χ1) is 9.15. The topological polar surface area (TPSA) is 53.4 Å². The van der Waals surface area contributed by atoms with Gasteiger partial charge in [0.25, 0.3) is 5.56 Å². The smallest absolute Gasteiger partial charge is 0.251 e. The van der Waals surface area contributed by atoms with Crippen molar-refractivity contribution >= 4 is 11.0 Å². The van der Waals surface area contributed by atoms with E-state index in [4.69, 9.17) is 9.47 Å². The SMILES string of the molecule is Cc1cc(=O)n(CC2OCCO2)c2cc(F)cnc12. The van der Waals surface area contributed by atoms with E-state index in [1.165, 1.54) is 16.7 Å². The van der Waals surface area contributed by atoms with Crippen LogP contribution in [0.15, 0.2) is 23.1 Å². The monoisotopic (exact) mass is 264 g/mol. The van der Waals surface area contributed by atoms with Crippen molar-refractivity contribution in [2.45, 2.75) is 19.8 Å². The molecular weight excluding hydrogens is 251 g/mol. The summed E-state index contributed by atoms with van der Waals surface area (Å²) < 4.78 is 25.4. The van der Waals surface area contributed by atoms with Crippen molar-refractivity contribution in [3.63, 3.8) is 0 Å². The molecule has 0 amide bonds. The molecule has 0 N–H and O–H groups in total. The first-order valence-electron chi connectivity index (χ1n) is 6.04. The highest BCUT2D eigenvalue weighted by Crippen LogP contribution is 2.16. The van der Waals surface area contributed by atoms with Gasteiger partial charge >= 0.3 is 0 Å². The second-order valence-electron chi connectivity index (χ2n) is 4.47. The molecule has 0 spiro atoms. The number of rotatable bonds is 2. The van der Waals surface area contributed by atoms with Gasteiger partial charge in [0, 0.05) is 12.1 Å². The Labute approximate surface area is 108 Å². The third-order valence-electron chi connectivity index (χ3n) is 3.13. The van der Waals surface area contributed by atoms with E-state index in [0.29, 0.717) is 24.2 Å². The van der Waals surface area contributed by atoms with E-state index >= 15 is 0 Å². The van der Waals surface area contributed by atoms with E-state index in [9.17, 15) is 9.18 Å². The van der Waals surface area contributed by atoms with Gasteiger partial charge in [0.15, 0.2) is 6.29 Å².